The van der Waals surface area contributed by atoms with Crippen LogP contribution in [0.1, 0.15) is 18.4 Å². The molecular weight excluding hydrogens is 239 g/mol. The molecule has 0 saturated carbocycles. The molecule has 1 fully saturated rings. The Labute approximate surface area is 105 Å². The molecule has 0 radical (unpaired) electrons. The average molecular weight is 256 g/mol. The highest BCUT2D eigenvalue weighted by molar-refractivity contribution is 7.99. The third-order valence-corrected chi connectivity index (χ3v) is 4.21. The fraction of sp³-hybridized carbons (Fsp3) is 0.538. The second-order valence-electron chi connectivity index (χ2n) is 4.34. The number of benzene rings is 1. The summed E-state index contributed by atoms with van der Waals surface area (Å²) in [5, 5.41) is 9.93. The Balaban J connectivity index is 1.90. The summed E-state index contributed by atoms with van der Waals surface area (Å²) < 4.78 is 18.5. The molecular formula is C13H17FO2S. The van der Waals surface area contributed by atoms with Crippen molar-refractivity contribution in [3.05, 3.63) is 29.6 Å². The largest absolute Gasteiger partial charge is 0.390 e. The molecule has 17 heavy (non-hydrogen) atoms. The van der Waals surface area contributed by atoms with Gasteiger partial charge in [0, 0.05) is 17.3 Å². The molecule has 1 saturated heterocycles. The van der Waals surface area contributed by atoms with Gasteiger partial charge in [-0.2, -0.15) is 0 Å². The smallest absolute Gasteiger partial charge is 0.124 e. The van der Waals surface area contributed by atoms with Crippen molar-refractivity contribution >= 4 is 11.8 Å². The van der Waals surface area contributed by atoms with Crippen LogP contribution < -0.4 is 0 Å². The van der Waals surface area contributed by atoms with Crippen LogP contribution in [-0.2, 0) is 4.74 Å². The van der Waals surface area contributed by atoms with Gasteiger partial charge in [-0.15, -0.1) is 11.8 Å². The van der Waals surface area contributed by atoms with Crippen molar-refractivity contribution in [1.82, 2.24) is 0 Å². The highest BCUT2D eigenvalue weighted by atomic mass is 32.2. The summed E-state index contributed by atoms with van der Waals surface area (Å²) >= 11 is 1.49. The van der Waals surface area contributed by atoms with Gasteiger partial charge in [-0.05, 0) is 37.5 Å². The van der Waals surface area contributed by atoms with Crippen LogP contribution >= 0.6 is 11.8 Å². The summed E-state index contributed by atoms with van der Waals surface area (Å²) in [5.74, 6) is 0.319. The first-order chi connectivity index (χ1) is 8.16. The van der Waals surface area contributed by atoms with E-state index in [2.05, 4.69) is 0 Å². The number of rotatable bonds is 4. The summed E-state index contributed by atoms with van der Waals surface area (Å²) in [6.45, 7) is 2.69. The maximum Gasteiger partial charge on any atom is 0.124 e. The number of aliphatic hydroxyl groups is 1. The van der Waals surface area contributed by atoms with Gasteiger partial charge < -0.3 is 9.84 Å². The Kier molecular flexibility index (Phi) is 4.42. The number of ether oxygens (including phenoxy) is 1. The lowest BCUT2D eigenvalue weighted by Gasteiger charge is -2.17. The maximum atomic E-state index is 13.1. The second-order valence-corrected chi connectivity index (χ2v) is 5.40. The highest BCUT2D eigenvalue weighted by Crippen LogP contribution is 2.26. The summed E-state index contributed by atoms with van der Waals surface area (Å²) in [4.78, 5) is 0.891. The molecule has 2 nitrogen and oxygen atoms in total. The Hall–Kier alpha value is -0.580. The quantitative estimate of drug-likeness (QED) is 0.840. The maximum absolute atomic E-state index is 13.1. The van der Waals surface area contributed by atoms with Gasteiger partial charge in [0.1, 0.15) is 5.82 Å². The Morgan fingerprint density at radius 3 is 3.12 bits per heavy atom. The van der Waals surface area contributed by atoms with Crippen molar-refractivity contribution in [2.45, 2.75) is 36.9 Å². The second kappa shape index (κ2) is 5.85. The Bertz CT molecular complexity index is 378. The lowest BCUT2D eigenvalue weighted by Crippen LogP contribution is -2.27. The molecule has 0 aromatic heterocycles. The van der Waals surface area contributed by atoms with Crippen LogP contribution in [0.2, 0.25) is 0 Å². The third-order valence-electron chi connectivity index (χ3n) is 2.95. The third kappa shape index (κ3) is 3.44. The number of aryl methyl sites for hydroxylation is 1. The van der Waals surface area contributed by atoms with E-state index in [1.54, 1.807) is 6.07 Å². The zero-order chi connectivity index (χ0) is 12.3. The molecule has 1 aromatic rings. The van der Waals surface area contributed by atoms with Gasteiger partial charge in [-0.25, -0.2) is 4.39 Å². The first-order valence-electron chi connectivity index (χ1n) is 5.85. The van der Waals surface area contributed by atoms with Gasteiger partial charge in [0.25, 0.3) is 0 Å². The lowest BCUT2D eigenvalue weighted by atomic mass is 10.1. The molecule has 1 aliphatic rings. The molecule has 4 heteroatoms. The molecule has 1 aliphatic heterocycles. The van der Waals surface area contributed by atoms with Crippen LogP contribution in [0.5, 0.6) is 0 Å². The van der Waals surface area contributed by atoms with Crippen LogP contribution in [0, 0.1) is 12.7 Å². The van der Waals surface area contributed by atoms with E-state index in [9.17, 15) is 9.50 Å². The normalized spacial score (nSPS) is 21.7. The number of hydrogen-bond donors (Lipinski definition) is 1. The van der Waals surface area contributed by atoms with E-state index >= 15 is 0 Å². The van der Waals surface area contributed by atoms with Crippen molar-refractivity contribution in [2.75, 3.05) is 12.4 Å². The van der Waals surface area contributed by atoms with Gasteiger partial charge in [0.15, 0.2) is 0 Å². The van der Waals surface area contributed by atoms with Crippen LogP contribution in [0.25, 0.3) is 0 Å². The first kappa shape index (κ1) is 12.9. The standard InChI is InChI=1S/C13H17FO2S/c1-9-4-5-10(14)7-13(9)17-8-11(15)12-3-2-6-16-12/h4-5,7,11-12,15H,2-3,6,8H2,1H3. The van der Waals surface area contributed by atoms with Crippen LogP contribution in [0.15, 0.2) is 23.1 Å². The van der Waals surface area contributed by atoms with Gasteiger partial charge in [0.2, 0.25) is 0 Å². The number of aliphatic hydroxyl groups excluding tert-OH is 1. The fourth-order valence-electron chi connectivity index (χ4n) is 1.92. The fourth-order valence-corrected chi connectivity index (χ4v) is 2.97. The van der Waals surface area contributed by atoms with Gasteiger partial charge in [0.05, 0.1) is 12.2 Å². The van der Waals surface area contributed by atoms with Crippen molar-refractivity contribution in [3.63, 3.8) is 0 Å². The summed E-state index contributed by atoms with van der Waals surface area (Å²) in [5.41, 5.74) is 1.04. The molecule has 1 heterocycles. The predicted octanol–water partition coefficient (Wildman–Crippen LogP) is 2.77. The summed E-state index contributed by atoms with van der Waals surface area (Å²) in [6, 6.07) is 4.73. The van der Waals surface area contributed by atoms with Crippen molar-refractivity contribution < 1.29 is 14.2 Å². The first-order valence-corrected chi connectivity index (χ1v) is 6.84. The topological polar surface area (TPSA) is 29.5 Å². The SMILES string of the molecule is Cc1ccc(F)cc1SCC(O)C1CCCO1. The Morgan fingerprint density at radius 2 is 2.41 bits per heavy atom. The van der Waals surface area contributed by atoms with E-state index in [-0.39, 0.29) is 11.9 Å². The van der Waals surface area contributed by atoms with E-state index in [0.717, 1.165) is 29.9 Å². The van der Waals surface area contributed by atoms with Gasteiger partial charge in [-0.1, -0.05) is 6.07 Å². The van der Waals surface area contributed by atoms with E-state index in [0.29, 0.717) is 5.75 Å². The lowest BCUT2D eigenvalue weighted by molar-refractivity contribution is 0.0110. The molecule has 0 spiro atoms. The molecule has 0 aliphatic carbocycles. The number of thioether (sulfide) groups is 1. The number of hydrogen-bond acceptors (Lipinski definition) is 3. The molecule has 2 atom stereocenters. The monoisotopic (exact) mass is 256 g/mol. The molecule has 0 amide bonds. The highest BCUT2D eigenvalue weighted by Gasteiger charge is 2.24. The summed E-state index contributed by atoms with van der Waals surface area (Å²) in [6.07, 6.45) is 1.43. The van der Waals surface area contributed by atoms with E-state index in [4.69, 9.17) is 4.74 Å². The van der Waals surface area contributed by atoms with Crippen molar-refractivity contribution in [2.24, 2.45) is 0 Å². The minimum Gasteiger partial charge on any atom is -0.390 e. The zero-order valence-electron chi connectivity index (χ0n) is 9.86. The molecule has 2 rings (SSSR count). The zero-order valence-corrected chi connectivity index (χ0v) is 10.7. The van der Waals surface area contributed by atoms with E-state index < -0.39 is 6.10 Å². The summed E-state index contributed by atoms with van der Waals surface area (Å²) in [7, 11) is 0. The molecule has 2 unspecified atom stereocenters. The minimum absolute atomic E-state index is 0.0450. The van der Waals surface area contributed by atoms with Gasteiger partial charge >= 0.3 is 0 Å². The minimum atomic E-state index is -0.467. The van der Waals surface area contributed by atoms with Crippen LogP contribution in [-0.4, -0.2) is 29.7 Å². The molecule has 94 valence electrons. The Morgan fingerprint density at radius 1 is 1.59 bits per heavy atom. The van der Waals surface area contributed by atoms with E-state index in [1.165, 1.54) is 23.9 Å². The predicted molar refractivity (Wildman–Crippen MR) is 66.8 cm³/mol. The van der Waals surface area contributed by atoms with Crippen LogP contribution in [0.4, 0.5) is 4.39 Å². The van der Waals surface area contributed by atoms with Crippen LogP contribution in [0.3, 0.4) is 0 Å². The molecule has 1 N–H and O–H groups in total. The number of halogens is 1. The van der Waals surface area contributed by atoms with Gasteiger partial charge in [-0.3, -0.25) is 0 Å². The van der Waals surface area contributed by atoms with E-state index in [1.807, 2.05) is 6.92 Å². The van der Waals surface area contributed by atoms with Crippen molar-refractivity contribution in [1.29, 1.82) is 0 Å². The van der Waals surface area contributed by atoms with Crippen molar-refractivity contribution in [3.8, 4) is 0 Å². The molecule has 0 bridgehead atoms. The molecule has 1 aromatic carbocycles. The average Bonchev–Trinajstić information content (AvgIpc) is 2.83.